The summed E-state index contributed by atoms with van der Waals surface area (Å²) in [5.41, 5.74) is 0. The lowest BCUT2D eigenvalue weighted by Gasteiger charge is -2.18. The predicted octanol–water partition coefficient (Wildman–Crippen LogP) is 1.95. The van der Waals surface area contributed by atoms with Gasteiger partial charge in [0.15, 0.2) is 10.4 Å². The fraction of sp³-hybridized carbons (Fsp3) is 0.364. The Labute approximate surface area is 111 Å². The standard InChI is InChI=1S/C11H10BrN3O3/c12-8-3-2-7(18-8)10-13-9-4-1-6(11(16)17)5-15(9)14-10/h2-3,6H,1,4-5H2,(H,16,17). The highest BCUT2D eigenvalue weighted by atomic mass is 79.9. The van der Waals surface area contributed by atoms with E-state index in [1.807, 2.05) is 0 Å². The first-order valence-corrected chi connectivity index (χ1v) is 6.35. The third-order valence-electron chi connectivity index (χ3n) is 3.00. The SMILES string of the molecule is O=C(O)C1CCc2nc(-c3ccc(Br)o3)nn2C1. The van der Waals surface area contributed by atoms with E-state index in [0.717, 1.165) is 5.82 Å². The summed E-state index contributed by atoms with van der Waals surface area (Å²) >= 11 is 3.22. The Morgan fingerprint density at radius 2 is 2.39 bits per heavy atom. The maximum absolute atomic E-state index is 11.0. The summed E-state index contributed by atoms with van der Waals surface area (Å²) in [6, 6.07) is 3.55. The van der Waals surface area contributed by atoms with Crippen LogP contribution in [-0.2, 0) is 17.8 Å². The summed E-state index contributed by atoms with van der Waals surface area (Å²) in [6.07, 6.45) is 1.24. The Hall–Kier alpha value is -1.63. The van der Waals surface area contributed by atoms with Gasteiger partial charge in [-0.15, -0.1) is 5.10 Å². The monoisotopic (exact) mass is 311 g/mol. The summed E-state index contributed by atoms with van der Waals surface area (Å²) in [6.45, 7) is 0.375. The van der Waals surface area contributed by atoms with E-state index in [0.29, 0.717) is 35.6 Å². The van der Waals surface area contributed by atoms with Gasteiger partial charge in [0.25, 0.3) is 0 Å². The topological polar surface area (TPSA) is 81.2 Å². The van der Waals surface area contributed by atoms with Crippen LogP contribution < -0.4 is 0 Å². The van der Waals surface area contributed by atoms with Crippen molar-refractivity contribution in [1.29, 1.82) is 0 Å². The molecular weight excluding hydrogens is 302 g/mol. The summed E-state index contributed by atoms with van der Waals surface area (Å²) < 4.78 is 7.66. The molecule has 18 heavy (non-hydrogen) atoms. The van der Waals surface area contributed by atoms with Crippen LogP contribution in [0.3, 0.4) is 0 Å². The second-order valence-corrected chi connectivity index (χ2v) is 4.99. The fourth-order valence-electron chi connectivity index (χ4n) is 2.05. The first-order valence-electron chi connectivity index (χ1n) is 5.56. The molecule has 0 fully saturated rings. The number of aromatic nitrogens is 3. The number of fused-ring (bicyclic) bond motifs is 1. The minimum Gasteiger partial charge on any atom is -0.481 e. The van der Waals surface area contributed by atoms with E-state index in [9.17, 15) is 4.79 Å². The molecule has 1 atom stereocenters. The van der Waals surface area contributed by atoms with E-state index < -0.39 is 5.97 Å². The predicted molar refractivity (Wildman–Crippen MR) is 64.9 cm³/mol. The lowest BCUT2D eigenvalue weighted by molar-refractivity contribution is -0.142. The van der Waals surface area contributed by atoms with Gasteiger partial charge in [-0.2, -0.15) is 0 Å². The Balaban J connectivity index is 1.91. The van der Waals surface area contributed by atoms with Gasteiger partial charge in [-0.05, 0) is 34.5 Å². The molecule has 1 unspecified atom stereocenters. The molecule has 94 valence electrons. The summed E-state index contributed by atoms with van der Waals surface area (Å²) in [7, 11) is 0. The third kappa shape index (κ3) is 1.94. The van der Waals surface area contributed by atoms with Gasteiger partial charge in [0.2, 0.25) is 5.82 Å². The quantitative estimate of drug-likeness (QED) is 0.916. The van der Waals surface area contributed by atoms with E-state index in [2.05, 4.69) is 26.0 Å². The van der Waals surface area contributed by atoms with Gasteiger partial charge in [-0.1, -0.05) is 0 Å². The van der Waals surface area contributed by atoms with Crippen LogP contribution in [0.5, 0.6) is 0 Å². The average molecular weight is 312 g/mol. The van der Waals surface area contributed by atoms with Gasteiger partial charge >= 0.3 is 5.97 Å². The molecule has 2 aromatic heterocycles. The molecule has 0 amide bonds. The number of halogens is 1. The highest BCUT2D eigenvalue weighted by Gasteiger charge is 2.27. The maximum atomic E-state index is 11.0. The second-order valence-electron chi connectivity index (χ2n) is 4.21. The van der Waals surface area contributed by atoms with Gasteiger partial charge in [0.1, 0.15) is 5.82 Å². The molecule has 6 nitrogen and oxygen atoms in total. The van der Waals surface area contributed by atoms with Crippen molar-refractivity contribution < 1.29 is 14.3 Å². The highest BCUT2D eigenvalue weighted by Crippen LogP contribution is 2.25. The number of carboxylic acid groups (broad SMARTS) is 1. The van der Waals surface area contributed by atoms with Crippen LogP contribution in [0.15, 0.2) is 21.2 Å². The molecular formula is C11H10BrN3O3. The van der Waals surface area contributed by atoms with Crippen molar-refractivity contribution in [3.8, 4) is 11.6 Å². The van der Waals surface area contributed by atoms with Crippen LogP contribution in [0.4, 0.5) is 0 Å². The molecule has 0 saturated heterocycles. The molecule has 0 radical (unpaired) electrons. The number of hydrogen-bond donors (Lipinski definition) is 1. The van der Waals surface area contributed by atoms with E-state index >= 15 is 0 Å². The summed E-state index contributed by atoms with van der Waals surface area (Å²) in [4.78, 5) is 15.3. The molecule has 0 spiro atoms. The van der Waals surface area contributed by atoms with Crippen molar-refractivity contribution in [2.45, 2.75) is 19.4 Å². The number of carbonyl (C=O) groups is 1. The molecule has 3 rings (SSSR count). The molecule has 1 aliphatic rings. The Bertz CT molecular complexity index is 604. The summed E-state index contributed by atoms with van der Waals surface area (Å²) in [5, 5.41) is 13.3. The van der Waals surface area contributed by atoms with Gasteiger partial charge in [-0.25, -0.2) is 9.67 Å². The van der Waals surface area contributed by atoms with Crippen LogP contribution >= 0.6 is 15.9 Å². The Morgan fingerprint density at radius 1 is 1.56 bits per heavy atom. The molecule has 2 aromatic rings. The average Bonchev–Trinajstić information content (AvgIpc) is 2.93. The van der Waals surface area contributed by atoms with Gasteiger partial charge in [0, 0.05) is 6.42 Å². The molecule has 1 N–H and O–H groups in total. The van der Waals surface area contributed by atoms with Crippen LogP contribution in [-0.4, -0.2) is 25.8 Å². The smallest absolute Gasteiger partial charge is 0.308 e. The molecule has 0 aromatic carbocycles. The van der Waals surface area contributed by atoms with Crippen molar-refractivity contribution in [1.82, 2.24) is 14.8 Å². The van der Waals surface area contributed by atoms with Crippen LogP contribution in [0.25, 0.3) is 11.6 Å². The van der Waals surface area contributed by atoms with Crippen LogP contribution in [0.2, 0.25) is 0 Å². The number of carboxylic acids is 1. The molecule has 0 bridgehead atoms. The zero-order valence-electron chi connectivity index (χ0n) is 9.34. The van der Waals surface area contributed by atoms with E-state index in [-0.39, 0.29) is 5.92 Å². The minimum absolute atomic E-state index is 0.375. The minimum atomic E-state index is -0.779. The van der Waals surface area contributed by atoms with Crippen LogP contribution in [0.1, 0.15) is 12.2 Å². The number of aliphatic carboxylic acids is 1. The van der Waals surface area contributed by atoms with Crippen molar-refractivity contribution in [2.75, 3.05) is 0 Å². The molecule has 0 aliphatic carbocycles. The van der Waals surface area contributed by atoms with Gasteiger partial charge in [0.05, 0.1) is 12.5 Å². The van der Waals surface area contributed by atoms with Gasteiger partial charge in [-0.3, -0.25) is 4.79 Å². The van der Waals surface area contributed by atoms with Gasteiger partial charge < -0.3 is 9.52 Å². The zero-order valence-corrected chi connectivity index (χ0v) is 10.9. The lowest BCUT2D eigenvalue weighted by Crippen LogP contribution is -2.27. The van der Waals surface area contributed by atoms with Crippen molar-refractivity contribution in [2.24, 2.45) is 5.92 Å². The number of nitrogens with zero attached hydrogens (tertiary/aromatic N) is 3. The Kier molecular flexibility index (Phi) is 2.70. The third-order valence-corrected chi connectivity index (χ3v) is 3.43. The summed E-state index contributed by atoms with van der Waals surface area (Å²) in [5.74, 6) is 0.737. The molecule has 1 aliphatic heterocycles. The molecule has 0 saturated carbocycles. The maximum Gasteiger partial charge on any atom is 0.308 e. The van der Waals surface area contributed by atoms with E-state index in [4.69, 9.17) is 9.52 Å². The highest BCUT2D eigenvalue weighted by molar-refractivity contribution is 9.10. The zero-order chi connectivity index (χ0) is 12.7. The van der Waals surface area contributed by atoms with E-state index in [1.54, 1.807) is 16.8 Å². The van der Waals surface area contributed by atoms with E-state index in [1.165, 1.54) is 0 Å². The molecule has 3 heterocycles. The lowest BCUT2D eigenvalue weighted by atomic mass is 10.0. The largest absolute Gasteiger partial charge is 0.481 e. The van der Waals surface area contributed by atoms with Crippen molar-refractivity contribution >= 4 is 21.9 Å². The first-order chi connectivity index (χ1) is 8.63. The first kappa shape index (κ1) is 11.5. The number of hydrogen-bond acceptors (Lipinski definition) is 4. The number of furan rings is 1. The normalized spacial score (nSPS) is 18.6. The molecule has 7 heteroatoms. The Morgan fingerprint density at radius 3 is 3.06 bits per heavy atom. The van der Waals surface area contributed by atoms with Crippen LogP contribution in [0, 0.1) is 5.92 Å². The number of aryl methyl sites for hydroxylation is 1. The van der Waals surface area contributed by atoms with Crippen molar-refractivity contribution in [3.63, 3.8) is 0 Å². The number of rotatable bonds is 2. The second kappa shape index (κ2) is 4.24. The van der Waals surface area contributed by atoms with Crippen molar-refractivity contribution in [3.05, 3.63) is 22.6 Å². The fourth-order valence-corrected chi connectivity index (χ4v) is 2.36.